The van der Waals surface area contributed by atoms with Crippen LogP contribution >= 0.6 is 0 Å². The number of hydrogen-bond donors (Lipinski definition) is 1. The molecule has 7 nitrogen and oxygen atoms in total. The highest BCUT2D eigenvalue weighted by molar-refractivity contribution is 6.05. The van der Waals surface area contributed by atoms with Crippen LogP contribution in [0.1, 0.15) is 47.4 Å². The molecule has 1 fully saturated rings. The van der Waals surface area contributed by atoms with E-state index < -0.39 is 0 Å². The van der Waals surface area contributed by atoms with Crippen molar-refractivity contribution in [2.24, 2.45) is 0 Å². The van der Waals surface area contributed by atoms with Crippen molar-refractivity contribution in [3.63, 3.8) is 0 Å². The second-order valence-electron chi connectivity index (χ2n) is 7.92. The lowest BCUT2D eigenvalue weighted by Gasteiger charge is -2.32. The Labute approximate surface area is 190 Å². The number of anilines is 1. The molecule has 7 heteroatoms. The van der Waals surface area contributed by atoms with Gasteiger partial charge in [0.1, 0.15) is 0 Å². The van der Waals surface area contributed by atoms with E-state index in [9.17, 15) is 9.59 Å². The zero-order valence-electron chi connectivity index (χ0n) is 19.2. The van der Waals surface area contributed by atoms with Crippen molar-refractivity contribution in [2.45, 2.75) is 26.7 Å². The molecule has 0 atom stereocenters. The van der Waals surface area contributed by atoms with Gasteiger partial charge in [-0.15, -0.1) is 0 Å². The summed E-state index contributed by atoms with van der Waals surface area (Å²) in [6, 6.07) is 12.2. The summed E-state index contributed by atoms with van der Waals surface area (Å²) in [5.41, 5.74) is 1.74. The fourth-order valence-corrected chi connectivity index (χ4v) is 3.45. The molecular weight excluding hydrogens is 406 g/mol. The van der Waals surface area contributed by atoms with Crippen molar-refractivity contribution >= 4 is 17.5 Å². The highest BCUT2D eigenvalue weighted by Gasteiger charge is 2.20. The molecule has 0 spiro atoms. The molecule has 3 rings (SSSR count). The largest absolute Gasteiger partial charge is 0.490 e. The van der Waals surface area contributed by atoms with E-state index in [0.717, 1.165) is 39.0 Å². The maximum atomic E-state index is 12.8. The van der Waals surface area contributed by atoms with Gasteiger partial charge >= 0.3 is 0 Å². The summed E-state index contributed by atoms with van der Waals surface area (Å²) in [6.45, 7) is 8.32. The number of piperazine rings is 1. The van der Waals surface area contributed by atoms with Crippen LogP contribution in [0.15, 0.2) is 42.5 Å². The van der Waals surface area contributed by atoms with Gasteiger partial charge < -0.3 is 24.6 Å². The van der Waals surface area contributed by atoms with Crippen LogP contribution in [0.5, 0.6) is 11.5 Å². The first kappa shape index (κ1) is 23.6. The van der Waals surface area contributed by atoms with E-state index in [1.807, 2.05) is 11.8 Å². The fraction of sp³-hybridized carbons (Fsp3) is 0.440. The quantitative estimate of drug-likeness (QED) is 0.600. The Hall–Kier alpha value is -3.06. The van der Waals surface area contributed by atoms with E-state index in [-0.39, 0.29) is 11.8 Å². The van der Waals surface area contributed by atoms with Crippen molar-refractivity contribution < 1.29 is 19.1 Å². The number of likely N-dealkylation sites (N-methyl/N-ethyl adjacent to an activating group) is 1. The summed E-state index contributed by atoms with van der Waals surface area (Å²) in [6.07, 6.45) is 2.01. The molecular formula is C25H33N3O4. The summed E-state index contributed by atoms with van der Waals surface area (Å²) in [7, 11) is 2.06. The normalized spacial score (nSPS) is 14.2. The van der Waals surface area contributed by atoms with Gasteiger partial charge in [0.2, 0.25) is 0 Å². The molecule has 172 valence electrons. The van der Waals surface area contributed by atoms with Crippen LogP contribution in [-0.4, -0.2) is 68.1 Å². The maximum Gasteiger partial charge on any atom is 0.255 e. The Morgan fingerprint density at radius 2 is 1.59 bits per heavy atom. The third-order valence-corrected chi connectivity index (χ3v) is 5.44. The number of carbonyl (C=O) groups excluding carboxylic acids is 2. The summed E-state index contributed by atoms with van der Waals surface area (Å²) in [5.74, 6) is 0.980. The molecule has 2 aromatic carbocycles. The third-order valence-electron chi connectivity index (χ3n) is 5.44. The minimum Gasteiger partial charge on any atom is -0.490 e. The lowest BCUT2D eigenvalue weighted by Crippen LogP contribution is -2.47. The van der Waals surface area contributed by atoms with Crippen LogP contribution in [0, 0.1) is 0 Å². The Balaban J connectivity index is 1.63. The summed E-state index contributed by atoms with van der Waals surface area (Å²) in [4.78, 5) is 29.5. The fourth-order valence-electron chi connectivity index (χ4n) is 3.45. The van der Waals surface area contributed by atoms with Crippen LogP contribution in [-0.2, 0) is 0 Å². The number of benzene rings is 2. The molecule has 1 aliphatic rings. The average Bonchev–Trinajstić information content (AvgIpc) is 2.81. The number of rotatable bonds is 9. The number of unbranched alkanes of at least 4 members (excludes halogenated alkanes) is 1. The van der Waals surface area contributed by atoms with Crippen LogP contribution < -0.4 is 14.8 Å². The van der Waals surface area contributed by atoms with Gasteiger partial charge in [0, 0.05) is 43.0 Å². The summed E-state index contributed by atoms with van der Waals surface area (Å²) < 4.78 is 11.4. The van der Waals surface area contributed by atoms with E-state index in [1.165, 1.54) is 0 Å². The zero-order chi connectivity index (χ0) is 22.9. The first-order valence-electron chi connectivity index (χ1n) is 11.3. The molecule has 2 amide bonds. The molecule has 0 unspecified atom stereocenters. The van der Waals surface area contributed by atoms with Crippen LogP contribution in [0.2, 0.25) is 0 Å². The Bertz CT molecular complexity index is 906. The highest BCUT2D eigenvalue weighted by Crippen LogP contribution is 2.29. The smallest absolute Gasteiger partial charge is 0.255 e. The summed E-state index contributed by atoms with van der Waals surface area (Å²) >= 11 is 0. The Morgan fingerprint density at radius 1 is 0.906 bits per heavy atom. The van der Waals surface area contributed by atoms with Crippen molar-refractivity contribution in [1.82, 2.24) is 9.80 Å². The van der Waals surface area contributed by atoms with Gasteiger partial charge in [0.25, 0.3) is 11.8 Å². The second kappa shape index (κ2) is 11.5. The average molecular weight is 440 g/mol. The number of amides is 2. The lowest BCUT2D eigenvalue weighted by molar-refractivity contribution is 0.0664. The maximum absolute atomic E-state index is 12.8. The number of ether oxygens (including phenoxy) is 2. The first-order chi connectivity index (χ1) is 15.5. The van der Waals surface area contributed by atoms with Crippen LogP contribution in [0.3, 0.4) is 0 Å². The van der Waals surface area contributed by atoms with Crippen molar-refractivity contribution in [3.8, 4) is 11.5 Å². The van der Waals surface area contributed by atoms with Gasteiger partial charge in [-0.2, -0.15) is 0 Å². The molecule has 0 bridgehead atoms. The van der Waals surface area contributed by atoms with E-state index in [1.54, 1.807) is 42.5 Å². The zero-order valence-corrected chi connectivity index (χ0v) is 19.2. The molecule has 32 heavy (non-hydrogen) atoms. The van der Waals surface area contributed by atoms with Crippen molar-refractivity contribution in [3.05, 3.63) is 53.6 Å². The molecule has 1 saturated heterocycles. The topological polar surface area (TPSA) is 71.1 Å². The molecule has 2 aromatic rings. The number of nitrogens with zero attached hydrogens (tertiary/aromatic N) is 2. The number of carbonyl (C=O) groups is 2. The third kappa shape index (κ3) is 6.23. The van der Waals surface area contributed by atoms with E-state index in [4.69, 9.17) is 9.47 Å². The van der Waals surface area contributed by atoms with Gasteiger partial charge in [-0.3, -0.25) is 9.59 Å². The predicted octanol–water partition coefficient (Wildman–Crippen LogP) is 3.90. The van der Waals surface area contributed by atoms with Crippen LogP contribution in [0.25, 0.3) is 0 Å². The molecule has 1 N–H and O–H groups in total. The SMILES string of the molecule is CCCCOc1ccc(C(=O)Nc2ccc(C(=O)N3CCN(C)CC3)cc2)cc1OCC. The van der Waals surface area contributed by atoms with Crippen molar-refractivity contribution in [1.29, 1.82) is 0 Å². The van der Waals surface area contributed by atoms with Crippen molar-refractivity contribution in [2.75, 3.05) is 51.8 Å². The standard InChI is InChI=1S/C25H33N3O4/c1-4-6-17-32-22-12-9-20(18-23(22)31-5-2)24(29)26-21-10-7-19(8-11-21)25(30)28-15-13-27(3)14-16-28/h7-12,18H,4-6,13-17H2,1-3H3,(H,26,29). The second-order valence-corrected chi connectivity index (χ2v) is 7.92. The summed E-state index contributed by atoms with van der Waals surface area (Å²) in [5, 5.41) is 2.88. The molecule has 1 aliphatic heterocycles. The number of hydrogen-bond acceptors (Lipinski definition) is 5. The van der Waals surface area contributed by atoms with E-state index >= 15 is 0 Å². The molecule has 0 radical (unpaired) electrons. The first-order valence-corrected chi connectivity index (χ1v) is 11.3. The van der Waals surface area contributed by atoms with Gasteiger partial charge in [-0.05, 0) is 62.9 Å². The van der Waals surface area contributed by atoms with E-state index in [0.29, 0.717) is 41.5 Å². The lowest BCUT2D eigenvalue weighted by atomic mass is 10.1. The van der Waals surface area contributed by atoms with Gasteiger partial charge in [-0.1, -0.05) is 13.3 Å². The number of nitrogens with one attached hydrogen (secondary N) is 1. The Morgan fingerprint density at radius 3 is 2.25 bits per heavy atom. The van der Waals surface area contributed by atoms with Gasteiger partial charge in [0.15, 0.2) is 11.5 Å². The Kier molecular flexibility index (Phi) is 8.50. The predicted molar refractivity (Wildman–Crippen MR) is 126 cm³/mol. The molecule has 0 aromatic heterocycles. The van der Waals surface area contributed by atoms with Gasteiger partial charge in [-0.25, -0.2) is 0 Å². The highest BCUT2D eigenvalue weighted by atomic mass is 16.5. The molecule has 1 heterocycles. The molecule has 0 aliphatic carbocycles. The molecule has 0 saturated carbocycles. The van der Waals surface area contributed by atoms with Gasteiger partial charge in [0.05, 0.1) is 13.2 Å². The van der Waals surface area contributed by atoms with Crippen LogP contribution in [0.4, 0.5) is 5.69 Å². The monoisotopic (exact) mass is 439 g/mol. The minimum absolute atomic E-state index is 0.0241. The van der Waals surface area contributed by atoms with E-state index in [2.05, 4.69) is 24.2 Å². The minimum atomic E-state index is -0.246.